The van der Waals surface area contributed by atoms with Gasteiger partial charge in [0.2, 0.25) is 0 Å². The number of benzene rings is 2. The third kappa shape index (κ3) is 5.99. The average molecular weight is 547 g/mol. The van der Waals surface area contributed by atoms with E-state index in [0.29, 0.717) is 41.0 Å². The molecule has 0 spiro atoms. The number of carbonyl (C=O) groups is 1. The van der Waals surface area contributed by atoms with Crippen LogP contribution >= 0.6 is 0 Å². The largest absolute Gasteiger partial charge is 0.573 e. The summed E-state index contributed by atoms with van der Waals surface area (Å²) in [5.41, 5.74) is 2.33. The second-order valence-corrected chi connectivity index (χ2v) is 9.62. The highest BCUT2D eigenvalue weighted by Gasteiger charge is 2.36. The molecule has 4 aromatic rings. The van der Waals surface area contributed by atoms with Crippen LogP contribution < -0.4 is 9.47 Å². The lowest BCUT2D eigenvalue weighted by atomic mass is 9.78. The Morgan fingerprint density at radius 2 is 1.92 bits per heavy atom. The summed E-state index contributed by atoms with van der Waals surface area (Å²) in [6.45, 7) is 0.282. The highest BCUT2D eigenvalue weighted by molar-refractivity contribution is 5.79. The van der Waals surface area contributed by atoms with Crippen molar-refractivity contribution in [2.24, 2.45) is 13.0 Å². The van der Waals surface area contributed by atoms with Crippen LogP contribution in [0.5, 0.6) is 11.5 Å². The Morgan fingerprint density at radius 1 is 1.13 bits per heavy atom. The molecule has 8 nitrogen and oxygen atoms in total. The van der Waals surface area contributed by atoms with Gasteiger partial charge in [0.15, 0.2) is 11.6 Å². The van der Waals surface area contributed by atoms with Crippen molar-refractivity contribution in [3.05, 3.63) is 71.6 Å². The molecule has 2 aromatic carbocycles. The predicted octanol–water partition coefficient (Wildman–Crippen LogP) is 5.79. The molecule has 5 rings (SSSR count). The van der Waals surface area contributed by atoms with Crippen molar-refractivity contribution < 1.29 is 36.9 Å². The zero-order valence-corrected chi connectivity index (χ0v) is 21.0. The number of rotatable bonds is 8. The summed E-state index contributed by atoms with van der Waals surface area (Å²) in [6, 6.07) is 10.4. The van der Waals surface area contributed by atoms with Crippen LogP contribution in [0.25, 0.3) is 11.0 Å². The van der Waals surface area contributed by atoms with Gasteiger partial charge < -0.3 is 19.1 Å². The molecule has 2 atom stereocenters. The summed E-state index contributed by atoms with van der Waals surface area (Å²) < 4.78 is 65.5. The monoisotopic (exact) mass is 546 g/mol. The molecule has 39 heavy (non-hydrogen) atoms. The molecule has 1 N–H and O–H groups in total. The third-order valence-corrected chi connectivity index (χ3v) is 6.88. The maximum Gasteiger partial charge on any atom is 0.573 e. The van der Waals surface area contributed by atoms with Gasteiger partial charge in [0, 0.05) is 31.8 Å². The van der Waals surface area contributed by atoms with E-state index in [9.17, 15) is 27.5 Å². The Morgan fingerprint density at radius 3 is 2.62 bits per heavy atom. The van der Waals surface area contributed by atoms with E-state index in [1.54, 1.807) is 40.7 Å². The van der Waals surface area contributed by atoms with Gasteiger partial charge in [0.05, 0.1) is 22.6 Å². The summed E-state index contributed by atoms with van der Waals surface area (Å²) in [7, 11) is 1.80. The molecule has 2 aromatic heterocycles. The Bertz CT molecular complexity index is 1500. The van der Waals surface area contributed by atoms with Crippen molar-refractivity contribution in [1.82, 2.24) is 19.3 Å². The lowest BCUT2D eigenvalue weighted by molar-refractivity contribution is -0.275. The molecule has 12 heteroatoms. The van der Waals surface area contributed by atoms with Gasteiger partial charge in [-0.3, -0.25) is 9.48 Å². The molecule has 1 aliphatic rings. The second kappa shape index (κ2) is 10.6. The molecule has 206 valence electrons. The molecule has 0 amide bonds. The molecular weight excluding hydrogens is 520 g/mol. The van der Waals surface area contributed by atoms with Crippen LogP contribution in [0.15, 0.2) is 48.7 Å². The summed E-state index contributed by atoms with van der Waals surface area (Å²) in [5.74, 6) is -2.93. The molecule has 0 saturated heterocycles. The fourth-order valence-corrected chi connectivity index (χ4v) is 5.13. The zero-order valence-electron chi connectivity index (χ0n) is 21.0. The van der Waals surface area contributed by atoms with Gasteiger partial charge in [-0.05, 0) is 48.7 Å². The Kier molecular flexibility index (Phi) is 7.19. The van der Waals surface area contributed by atoms with Crippen molar-refractivity contribution >= 4 is 17.0 Å². The highest BCUT2D eigenvalue weighted by atomic mass is 19.4. The first-order chi connectivity index (χ1) is 18.6. The number of hydrogen-bond donors (Lipinski definition) is 1. The van der Waals surface area contributed by atoms with E-state index in [4.69, 9.17) is 9.72 Å². The number of fused-ring (bicyclic) bond motifs is 1. The Hall–Kier alpha value is -4.09. The van der Waals surface area contributed by atoms with Crippen molar-refractivity contribution in [3.8, 4) is 11.5 Å². The zero-order chi connectivity index (χ0) is 27.7. The summed E-state index contributed by atoms with van der Waals surface area (Å²) >= 11 is 0. The van der Waals surface area contributed by atoms with Crippen LogP contribution in [-0.2, 0) is 25.0 Å². The van der Waals surface area contributed by atoms with Crippen molar-refractivity contribution in [1.29, 1.82) is 0 Å². The van der Waals surface area contributed by atoms with Crippen LogP contribution in [0, 0.1) is 11.7 Å². The topological polar surface area (TPSA) is 91.4 Å². The normalized spacial score (nSPS) is 17.9. The van der Waals surface area contributed by atoms with Crippen LogP contribution in [0.4, 0.5) is 17.6 Å². The maximum absolute atomic E-state index is 14.5. The minimum Gasteiger partial charge on any atom is -0.487 e. The number of hydrogen-bond acceptors (Lipinski definition) is 5. The van der Waals surface area contributed by atoms with Crippen LogP contribution in [0.1, 0.15) is 48.7 Å². The molecule has 2 heterocycles. The Balaban J connectivity index is 1.52. The van der Waals surface area contributed by atoms with E-state index < -0.39 is 29.8 Å². The first kappa shape index (κ1) is 26.5. The number of carboxylic acid groups (broad SMARTS) is 1. The summed E-state index contributed by atoms with van der Waals surface area (Å²) in [6.07, 6.45) is -0.444. The lowest BCUT2D eigenvalue weighted by Crippen LogP contribution is -2.27. The van der Waals surface area contributed by atoms with Crippen molar-refractivity contribution in [3.63, 3.8) is 0 Å². The van der Waals surface area contributed by atoms with Crippen molar-refractivity contribution in [2.75, 3.05) is 0 Å². The number of alkyl halides is 3. The second-order valence-electron chi connectivity index (χ2n) is 9.62. The fraction of sp³-hybridized carbons (Fsp3) is 0.370. The van der Waals surface area contributed by atoms with Gasteiger partial charge in [0.25, 0.3) is 0 Å². The van der Waals surface area contributed by atoms with Gasteiger partial charge in [-0.25, -0.2) is 9.37 Å². The minimum atomic E-state index is -5.02. The van der Waals surface area contributed by atoms with Crippen molar-refractivity contribution in [2.45, 2.75) is 51.1 Å². The van der Waals surface area contributed by atoms with E-state index in [1.807, 2.05) is 6.07 Å². The fourth-order valence-electron chi connectivity index (χ4n) is 5.13. The third-order valence-electron chi connectivity index (χ3n) is 6.88. The van der Waals surface area contributed by atoms with E-state index >= 15 is 0 Å². The lowest BCUT2D eigenvalue weighted by Gasteiger charge is -2.28. The van der Waals surface area contributed by atoms with Gasteiger partial charge in [-0.1, -0.05) is 18.9 Å². The smallest absolute Gasteiger partial charge is 0.487 e. The number of aliphatic carboxylic acids is 1. The standard InChI is InChI=1S/C27H26F4N4O4/c1-34-11-10-17(33-34)15-38-18-7-8-22-23(13-18)35(25(32-22)19-4-2-3-5-20(19)26(36)37)14-16-6-9-24(21(28)12-16)39-27(29,30)31/h6-13,19-20H,2-5,14-15H2,1H3,(H,36,37)/t19-,20+/m0/s1. The van der Waals surface area contributed by atoms with E-state index in [1.165, 1.54) is 6.07 Å². The number of imidazole rings is 1. The molecule has 0 unspecified atom stereocenters. The highest BCUT2D eigenvalue weighted by Crippen LogP contribution is 2.39. The summed E-state index contributed by atoms with van der Waals surface area (Å²) in [5, 5.41) is 14.2. The van der Waals surface area contributed by atoms with E-state index in [-0.39, 0.29) is 19.1 Å². The number of ether oxygens (including phenoxy) is 2. The van der Waals surface area contributed by atoms with Gasteiger partial charge in [0.1, 0.15) is 18.2 Å². The van der Waals surface area contributed by atoms with Gasteiger partial charge in [-0.2, -0.15) is 5.10 Å². The van der Waals surface area contributed by atoms with Gasteiger partial charge in [-0.15, -0.1) is 13.2 Å². The van der Waals surface area contributed by atoms with E-state index in [2.05, 4.69) is 9.84 Å². The average Bonchev–Trinajstić information content (AvgIpc) is 3.46. The minimum absolute atomic E-state index is 0.0571. The number of halogens is 4. The molecule has 1 aliphatic carbocycles. The van der Waals surface area contributed by atoms with E-state index in [0.717, 1.165) is 30.7 Å². The quantitative estimate of drug-likeness (QED) is 0.281. The molecule has 0 aliphatic heterocycles. The Labute approximate surface area is 220 Å². The van der Waals surface area contributed by atoms with Crippen LogP contribution in [0.2, 0.25) is 0 Å². The first-order valence-electron chi connectivity index (χ1n) is 12.5. The number of nitrogens with zero attached hydrogens (tertiary/aromatic N) is 4. The van der Waals surface area contributed by atoms with Crippen LogP contribution in [0.3, 0.4) is 0 Å². The first-order valence-corrected chi connectivity index (χ1v) is 12.5. The number of aromatic nitrogens is 4. The maximum atomic E-state index is 14.5. The molecule has 0 bridgehead atoms. The number of carboxylic acids is 1. The molecular formula is C27H26F4N4O4. The number of aryl methyl sites for hydroxylation is 1. The van der Waals surface area contributed by atoms with Gasteiger partial charge >= 0.3 is 12.3 Å². The SMILES string of the molecule is Cn1ccc(COc2ccc3nc([C@H]4CCCC[C@H]4C(=O)O)n(Cc4ccc(OC(F)(F)F)c(F)c4)c3c2)n1. The molecule has 1 saturated carbocycles. The summed E-state index contributed by atoms with van der Waals surface area (Å²) in [4.78, 5) is 16.9. The predicted molar refractivity (Wildman–Crippen MR) is 132 cm³/mol. The molecule has 0 radical (unpaired) electrons. The van der Waals surface area contributed by atoms with Crippen LogP contribution in [-0.4, -0.2) is 36.8 Å². The molecule has 1 fully saturated rings.